The largest absolute Gasteiger partial charge is 0.325 e. The molecular formula is C12H13NO2. The highest BCUT2D eigenvalue weighted by atomic mass is 16.2. The van der Waals surface area contributed by atoms with E-state index in [1.807, 2.05) is 25.1 Å². The van der Waals surface area contributed by atoms with Gasteiger partial charge in [-0.2, -0.15) is 0 Å². The van der Waals surface area contributed by atoms with Crippen LogP contribution in [0.2, 0.25) is 0 Å². The van der Waals surface area contributed by atoms with Crippen molar-refractivity contribution in [2.75, 3.05) is 0 Å². The Bertz CT molecular complexity index is 399. The highest BCUT2D eigenvalue weighted by molar-refractivity contribution is 6.05. The SMILES string of the molecule is CC(=O)N1C(C)C1C(=O)c1ccccc1. The zero-order chi connectivity index (χ0) is 11.0. The Morgan fingerprint density at radius 3 is 2.27 bits per heavy atom. The minimum absolute atomic E-state index is 0.0308. The molecule has 0 saturated carbocycles. The molecule has 2 unspecified atom stereocenters. The smallest absolute Gasteiger partial charge is 0.220 e. The molecule has 3 heteroatoms. The van der Waals surface area contributed by atoms with Gasteiger partial charge in [0.05, 0.1) is 6.04 Å². The molecule has 0 N–H and O–H groups in total. The molecule has 15 heavy (non-hydrogen) atoms. The van der Waals surface area contributed by atoms with Gasteiger partial charge in [-0.1, -0.05) is 30.3 Å². The number of benzene rings is 1. The minimum Gasteiger partial charge on any atom is -0.325 e. The number of hydrogen-bond donors (Lipinski definition) is 0. The minimum atomic E-state index is -0.245. The van der Waals surface area contributed by atoms with Crippen LogP contribution in [0.5, 0.6) is 0 Å². The predicted molar refractivity (Wildman–Crippen MR) is 56.5 cm³/mol. The van der Waals surface area contributed by atoms with Gasteiger partial charge in [0.2, 0.25) is 5.91 Å². The van der Waals surface area contributed by atoms with Crippen molar-refractivity contribution in [3.05, 3.63) is 35.9 Å². The third-order valence-corrected chi connectivity index (χ3v) is 2.80. The summed E-state index contributed by atoms with van der Waals surface area (Å²) in [6.45, 7) is 3.39. The Balaban J connectivity index is 2.15. The van der Waals surface area contributed by atoms with Gasteiger partial charge in [-0.15, -0.1) is 0 Å². The van der Waals surface area contributed by atoms with Crippen LogP contribution in [0, 0.1) is 0 Å². The lowest BCUT2D eigenvalue weighted by molar-refractivity contribution is -0.124. The van der Waals surface area contributed by atoms with Crippen LogP contribution in [0.15, 0.2) is 30.3 Å². The number of rotatable bonds is 2. The topological polar surface area (TPSA) is 37.1 Å². The van der Waals surface area contributed by atoms with Gasteiger partial charge < -0.3 is 4.90 Å². The quantitative estimate of drug-likeness (QED) is 0.539. The molecular weight excluding hydrogens is 190 g/mol. The molecule has 1 amide bonds. The van der Waals surface area contributed by atoms with Gasteiger partial charge in [0, 0.05) is 12.5 Å². The molecule has 78 valence electrons. The fraction of sp³-hybridized carbons (Fsp3) is 0.333. The van der Waals surface area contributed by atoms with E-state index in [9.17, 15) is 9.59 Å². The molecule has 1 aromatic carbocycles. The van der Waals surface area contributed by atoms with Crippen LogP contribution in [-0.2, 0) is 4.79 Å². The Kier molecular flexibility index (Phi) is 2.31. The highest BCUT2D eigenvalue weighted by Gasteiger charge is 2.50. The second-order valence-corrected chi connectivity index (χ2v) is 3.84. The summed E-state index contributed by atoms with van der Waals surface area (Å²) in [5.41, 5.74) is 0.679. The van der Waals surface area contributed by atoms with E-state index in [1.54, 1.807) is 17.0 Å². The summed E-state index contributed by atoms with van der Waals surface area (Å²) in [5.74, 6) is 0.00933. The van der Waals surface area contributed by atoms with Crippen LogP contribution in [0.25, 0.3) is 0 Å². The van der Waals surface area contributed by atoms with Gasteiger partial charge in [0.1, 0.15) is 6.04 Å². The van der Waals surface area contributed by atoms with E-state index in [2.05, 4.69) is 0 Å². The van der Waals surface area contributed by atoms with Gasteiger partial charge >= 0.3 is 0 Å². The van der Waals surface area contributed by atoms with E-state index in [1.165, 1.54) is 6.92 Å². The molecule has 1 aliphatic heterocycles. The molecule has 2 atom stereocenters. The molecule has 1 fully saturated rings. The standard InChI is InChI=1S/C12H13NO2/c1-8-11(13(8)9(2)14)12(15)10-6-4-3-5-7-10/h3-8,11H,1-2H3. The van der Waals surface area contributed by atoms with Gasteiger partial charge in [0.25, 0.3) is 0 Å². The first kappa shape index (κ1) is 9.90. The number of hydrogen-bond acceptors (Lipinski definition) is 2. The molecule has 1 aromatic rings. The normalized spacial score (nSPS) is 23.7. The Hall–Kier alpha value is -1.64. The first-order valence-electron chi connectivity index (χ1n) is 5.01. The van der Waals surface area contributed by atoms with Crippen LogP contribution >= 0.6 is 0 Å². The second-order valence-electron chi connectivity index (χ2n) is 3.84. The lowest BCUT2D eigenvalue weighted by Gasteiger charge is -1.99. The monoisotopic (exact) mass is 203 g/mol. The van der Waals surface area contributed by atoms with Crippen molar-refractivity contribution in [1.29, 1.82) is 0 Å². The first-order chi connectivity index (χ1) is 7.13. The summed E-state index contributed by atoms with van der Waals surface area (Å²) in [4.78, 5) is 24.7. The van der Waals surface area contributed by atoms with Gasteiger partial charge in [-0.3, -0.25) is 9.59 Å². The van der Waals surface area contributed by atoms with E-state index in [0.717, 1.165) is 0 Å². The fourth-order valence-corrected chi connectivity index (χ4v) is 1.95. The van der Waals surface area contributed by atoms with E-state index in [-0.39, 0.29) is 23.8 Å². The van der Waals surface area contributed by atoms with E-state index in [4.69, 9.17) is 0 Å². The number of carbonyl (C=O) groups is 2. The molecule has 0 bridgehead atoms. The summed E-state index contributed by atoms with van der Waals surface area (Å²) < 4.78 is 0. The van der Waals surface area contributed by atoms with Crippen molar-refractivity contribution in [1.82, 2.24) is 4.90 Å². The van der Waals surface area contributed by atoms with Gasteiger partial charge in [-0.05, 0) is 6.92 Å². The van der Waals surface area contributed by atoms with Crippen molar-refractivity contribution in [2.24, 2.45) is 0 Å². The number of nitrogens with zero attached hydrogens (tertiary/aromatic N) is 1. The molecule has 2 rings (SSSR count). The van der Waals surface area contributed by atoms with Crippen LogP contribution in [0.3, 0.4) is 0 Å². The molecule has 0 radical (unpaired) electrons. The summed E-state index contributed by atoms with van der Waals surface area (Å²) in [7, 11) is 0. The molecule has 1 aliphatic rings. The average molecular weight is 203 g/mol. The molecule has 0 aliphatic carbocycles. The van der Waals surface area contributed by atoms with E-state index in [0.29, 0.717) is 5.56 Å². The van der Waals surface area contributed by atoms with Crippen molar-refractivity contribution >= 4 is 11.7 Å². The lowest BCUT2D eigenvalue weighted by Crippen LogP contribution is -2.16. The summed E-state index contributed by atoms with van der Waals surface area (Å²) in [6, 6.07) is 8.91. The van der Waals surface area contributed by atoms with Crippen molar-refractivity contribution in [3.8, 4) is 0 Å². The number of carbonyl (C=O) groups excluding carboxylic acids is 2. The van der Waals surface area contributed by atoms with Crippen LogP contribution in [0.4, 0.5) is 0 Å². The number of ketones is 1. The molecule has 1 saturated heterocycles. The summed E-state index contributed by atoms with van der Waals surface area (Å²) in [5, 5.41) is 0. The van der Waals surface area contributed by atoms with Crippen LogP contribution in [0.1, 0.15) is 24.2 Å². The highest BCUT2D eigenvalue weighted by Crippen LogP contribution is 2.30. The van der Waals surface area contributed by atoms with Crippen LogP contribution < -0.4 is 0 Å². The third kappa shape index (κ3) is 1.65. The zero-order valence-corrected chi connectivity index (χ0v) is 8.81. The molecule has 3 nitrogen and oxygen atoms in total. The average Bonchev–Trinajstić information content (AvgIpc) is 2.90. The molecule has 0 aromatic heterocycles. The summed E-state index contributed by atoms with van der Waals surface area (Å²) >= 11 is 0. The molecule has 0 spiro atoms. The maximum Gasteiger partial charge on any atom is 0.220 e. The Morgan fingerprint density at radius 1 is 1.20 bits per heavy atom. The predicted octanol–water partition coefficient (Wildman–Crippen LogP) is 1.49. The van der Waals surface area contributed by atoms with Gasteiger partial charge in [-0.25, -0.2) is 0 Å². The molecule has 1 heterocycles. The number of amides is 1. The van der Waals surface area contributed by atoms with Gasteiger partial charge in [0.15, 0.2) is 5.78 Å². The van der Waals surface area contributed by atoms with E-state index < -0.39 is 0 Å². The van der Waals surface area contributed by atoms with E-state index >= 15 is 0 Å². The van der Waals surface area contributed by atoms with Crippen molar-refractivity contribution < 1.29 is 9.59 Å². The summed E-state index contributed by atoms with van der Waals surface area (Å²) in [6.07, 6.45) is 0. The van der Waals surface area contributed by atoms with Crippen LogP contribution in [-0.4, -0.2) is 28.7 Å². The Labute approximate surface area is 88.7 Å². The maximum absolute atomic E-state index is 11.9. The van der Waals surface area contributed by atoms with Crippen molar-refractivity contribution in [2.45, 2.75) is 25.9 Å². The third-order valence-electron chi connectivity index (χ3n) is 2.80. The fourth-order valence-electron chi connectivity index (χ4n) is 1.95. The van der Waals surface area contributed by atoms with Crippen molar-refractivity contribution in [3.63, 3.8) is 0 Å². The zero-order valence-electron chi connectivity index (χ0n) is 8.81. The maximum atomic E-state index is 11.9. The lowest BCUT2D eigenvalue weighted by atomic mass is 10.1. The number of Topliss-reactive ketones (excluding diaryl/α,β-unsaturated/α-hetero) is 1. The Morgan fingerprint density at radius 2 is 1.80 bits per heavy atom. The first-order valence-corrected chi connectivity index (χ1v) is 5.01. The second kappa shape index (κ2) is 3.50.